The fraction of sp³-hybridized carbons (Fsp3) is 0.538. The summed E-state index contributed by atoms with van der Waals surface area (Å²) < 4.78 is 5.12. The minimum Gasteiger partial charge on any atom is -0.494 e. The molecule has 0 amide bonds. The van der Waals surface area contributed by atoms with Crippen molar-refractivity contribution in [2.45, 2.75) is 38.3 Å². The summed E-state index contributed by atoms with van der Waals surface area (Å²) in [5, 5.41) is 4.68. The Morgan fingerprint density at radius 2 is 1.82 bits per heavy atom. The Bertz CT molecular complexity index is 366. The van der Waals surface area contributed by atoms with E-state index in [-0.39, 0.29) is 0 Å². The molecule has 0 atom stereocenters. The van der Waals surface area contributed by atoms with Gasteiger partial charge in [0.2, 0.25) is 0 Å². The van der Waals surface area contributed by atoms with Gasteiger partial charge in [0.25, 0.3) is 0 Å². The van der Waals surface area contributed by atoms with Crippen LogP contribution in [0.2, 0.25) is 10.0 Å². The number of benzene rings is 1. The maximum Gasteiger partial charge on any atom is 0.156 e. The molecule has 0 saturated heterocycles. The molecule has 0 radical (unpaired) electrons. The highest BCUT2D eigenvalue weighted by molar-refractivity contribution is 6.37. The van der Waals surface area contributed by atoms with Crippen molar-refractivity contribution in [3.8, 4) is 5.75 Å². The lowest BCUT2D eigenvalue weighted by atomic mass is 10.2. The standard InChI is InChI=1S/C13H17Cl2NO/c1-17-13-11(14)6-9(7-12(13)15)8-16-10-4-2-3-5-10/h6-7,10,16H,2-5,8H2,1H3. The second-order valence-electron chi connectivity index (χ2n) is 4.45. The Balaban J connectivity index is 2.01. The summed E-state index contributed by atoms with van der Waals surface area (Å²) in [4.78, 5) is 0. The van der Waals surface area contributed by atoms with Gasteiger partial charge in [0.1, 0.15) is 0 Å². The summed E-state index contributed by atoms with van der Waals surface area (Å²) in [6.45, 7) is 0.814. The Kier molecular flexibility index (Phi) is 4.55. The van der Waals surface area contributed by atoms with Gasteiger partial charge in [-0.15, -0.1) is 0 Å². The van der Waals surface area contributed by atoms with Crippen molar-refractivity contribution in [3.63, 3.8) is 0 Å². The lowest BCUT2D eigenvalue weighted by molar-refractivity contribution is 0.415. The van der Waals surface area contributed by atoms with Crippen LogP contribution >= 0.6 is 23.2 Å². The first-order chi connectivity index (χ1) is 8.20. The average Bonchev–Trinajstić information content (AvgIpc) is 2.79. The highest BCUT2D eigenvalue weighted by atomic mass is 35.5. The Labute approximate surface area is 112 Å². The van der Waals surface area contributed by atoms with Crippen LogP contribution in [0.1, 0.15) is 31.2 Å². The van der Waals surface area contributed by atoms with E-state index in [1.54, 1.807) is 7.11 Å². The molecule has 17 heavy (non-hydrogen) atoms. The lowest BCUT2D eigenvalue weighted by Crippen LogP contribution is -2.25. The number of halogens is 2. The Morgan fingerprint density at radius 1 is 1.24 bits per heavy atom. The molecule has 0 aliphatic heterocycles. The highest BCUT2D eigenvalue weighted by Gasteiger charge is 2.14. The number of methoxy groups -OCH3 is 1. The van der Waals surface area contributed by atoms with Crippen LogP contribution in [0.5, 0.6) is 5.75 Å². The monoisotopic (exact) mass is 273 g/mol. The summed E-state index contributed by atoms with van der Waals surface area (Å²) in [7, 11) is 1.57. The quantitative estimate of drug-likeness (QED) is 0.894. The first kappa shape index (κ1) is 13.0. The van der Waals surface area contributed by atoms with Crippen LogP contribution in [0, 0.1) is 0 Å². The molecule has 4 heteroatoms. The minimum atomic E-state index is 0.554. The fourth-order valence-electron chi connectivity index (χ4n) is 2.30. The molecule has 0 spiro atoms. The van der Waals surface area contributed by atoms with E-state index in [0.717, 1.165) is 12.1 Å². The number of rotatable bonds is 4. The molecule has 94 valence electrons. The van der Waals surface area contributed by atoms with E-state index in [4.69, 9.17) is 27.9 Å². The number of ether oxygens (including phenoxy) is 1. The molecule has 2 nitrogen and oxygen atoms in total. The smallest absolute Gasteiger partial charge is 0.156 e. The summed E-state index contributed by atoms with van der Waals surface area (Å²) in [5.74, 6) is 0.554. The normalized spacial score (nSPS) is 16.4. The zero-order chi connectivity index (χ0) is 12.3. The van der Waals surface area contributed by atoms with Gasteiger partial charge >= 0.3 is 0 Å². The van der Waals surface area contributed by atoms with Crippen molar-refractivity contribution in [1.29, 1.82) is 0 Å². The van der Waals surface area contributed by atoms with Crippen LogP contribution in [-0.2, 0) is 6.54 Å². The molecule has 1 aliphatic carbocycles. The van der Waals surface area contributed by atoms with E-state index in [1.807, 2.05) is 12.1 Å². The Hall–Kier alpha value is -0.440. The summed E-state index contributed by atoms with van der Waals surface area (Å²) in [6.07, 6.45) is 5.22. The van der Waals surface area contributed by atoms with Gasteiger partial charge in [0.15, 0.2) is 5.75 Å². The van der Waals surface area contributed by atoms with Crippen molar-refractivity contribution in [3.05, 3.63) is 27.7 Å². The molecule has 2 rings (SSSR count). The molecule has 0 unspecified atom stereocenters. The number of hydrogen-bond acceptors (Lipinski definition) is 2. The number of nitrogens with one attached hydrogen (secondary N) is 1. The molecule has 0 heterocycles. The van der Waals surface area contributed by atoms with Crippen LogP contribution < -0.4 is 10.1 Å². The van der Waals surface area contributed by atoms with Crippen LogP contribution in [0.3, 0.4) is 0 Å². The van der Waals surface area contributed by atoms with E-state index in [1.165, 1.54) is 25.7 Å². The molecule has 1 N–H and O–H groups in total. The van der Waals surface area contributed by atoms with E-state index < -0.39 is 0 Å². The maximum atomic E-state index is 6.09. The maximum absolute atomic E-state index is 6.09. The first-order valence-electron chi connectivity index (χ1n) is 5.96. The predicted molar refractivity (Wildman–Crippen MR) is 72.1 cm³/mol. The Morgan fingerprint density at radius 3 is 2.35 bits per heavy atom. The van der Waals surface area contributed by atoms with Crippen molar-refractivity contribution in [2.75, 3.05) is 7.11 Å². The van der Waals surface area contributed by atoms with Gasteiger partial charge < -0.3 is 10.1 Å². The summed E-state index contributed by atoms with van der Waals surface area (Å²) >= 11 is 12.2. The molecule has 0 aromatic heterocycles. The van der Waals surface area contributed by atoms with E-state index in [9.17, 15) is 0 Å². The van der Waals surface area contributed by atoms with Gasteiger partial charge in [0, 0.05) is 12.6 Å². The molecular formula is C13H17Cl2NO. The van der Waals surface area contributed by atoms with Crippen molar-refractivity contribution in [2.24, 2.45) is 0 Å². The first-order valence-corrected chi connectivity index (χ1v) is 6.71. The molecule has 1 aromatic carbocycles. The number of hydrogen-bond donors (Lipinski definition) is 1. The molecule has 0 bridgehead atoms. The fourth-order valence-corrected chi connectivity index (χ4v) is 2.99. The third kappa shape index (κ3) is 3.27. The predicted octanol–water partition coefficient (Wildman–Crippen LogP) is 4.03. The zero-order valence-corrected chi connectivity index (χ0v) is 11.4. The van der Waals surface area contributed by atoms with E-state index >= 15 is 0 Å². The molecule has 1 aliphatic rings. The van der Waals surface area contributed by atoms with Gasteiger partial charge in [0.05, 0.1) is 17.2 Å². The average molecular weight is 274 g/mol. The van der Waals surface area contributed by atoms with Gasteiger partial charge in [-0.2, -0.15) is 0 Å². The van der Waals surface area contributed by atoms with Crippen LogP contribution in [0.15, 0.2) is 12.1 Å². The second-order valence-corrected chi connectivity index (χ2v) is 5.27. The van der Waals surface area contributed by atoms with Gasteiger partial charge in [-0.05, 0) is 30.5 Å². The third-order valence-electron chi connectivity index (χ3n) is 3.21. The second kappa shape index (κ2) is 5.94. The van der Waals surface area contributed by atoms with Crippen LogP contribution in [0.25, 0.3) is 0 Å². The molecule has 1 aromatic rings. The summed E-state index contributed by atoms with van der Waals surface area (Å²) in [5.41, 5.74) is 1.10. The zero-order valence-electron chi connectivity index (χ0n) is 9.93. The third-order valence-corrected chi connectivity index (χ3v) is 3.77. The van der Waals surface area contributed by atoms with Crippen molar-refractivity contribution < 1.29 is 4.74 Å². The van der Waals surface area contributed by atoms with Crippen molar-refractivity contribution in [1.82, 2.24) is 5.32 Å². The summed E-state index contributed by atoms with van der Waals surface area (Å²) in [6, 6.07) is 4.47. The van der Waals surface area contributed by atoms with Crippen LogP contribution in [0.4, 0.5) is 0 Å². The van der Waals surface area contributed by atoms with Gasteiger partial charge in [-0.25, -0.2) is 0 Å². The largest absolute Gasteiger partial charge is 0.494 e. The van der Waals surface area contributed by atoms with Gasteiger partial charge in [-0.3, -0.25) is 0 Å². The molecular weight excluding hydrogens is 257 g/mol. The van der Waals surface area contributed by atoms with Crippen molar-refractivity contribution >= 4 is 23.2 Å². The van der Waals surface area contributed by atoms with Gasteiger partial charge in [-0.1, -0.05) is 36.0 Å². The molecule has 1 saturated carbocycles. The van der Waals surface area contributed by atoms with Crippen LogP contribution in [-0.4, -0.2) is 13.2 Å². The van der Waals surface area contributed by atoms with E-state index in [0.29, 0.717) is 21.8 Å². The highest BCUT2D eigenvalue weighted by Crippen LogP contribution is 2.33. The minimum absolute atomic E-state index is 0.554. The van der Waals surface area contributed by atoms with E-state index in [2.05, 4.69) is 5.32 Å². The topological polar surface area (TPSA) is 21.3 Å². The lowest BCUT2D eigenvalue weighted by Gasteiger charge is -2.13. The SMILES string of the molecule is COc1c(Cl)cc(CNC2CCCC2)cc1Cl. The molecule has 1 fully saturated rings.